The van der Waals surface area contributed by atoms with Crippen molar-refractivity contribution < 1.29 is 14.3 Å². The lowest BCUT2D eigenvalue weighted by molar-refractivity contribution is -0.140. The first kappa shape index (κ1) is 23.1. The molecule has 31 heavy (non-hydrogen) atoms. The molecule has 0 aromatic heterocycles. The quantitative estimate of drug-likeness (QED) is 0.470. The van der Waals surface area contributed by atoms with Gasteiger partial charge in [-0.15, -0.1) is 11.6 Å². The summed E-state index contributed by atoms with van der Waals surface area (Å²) in [7, 11) is 1.60. The number of hydrogen-bond donors (Lipinski definition) is 1. The lowest BCUT2D eigenvalue weighted by Crippen LogP contribution is -2.46. The minimum atomic E-state index is -0.763. The van der Waals surface area contributed by atoms with Gasteiger partial charge in [-0.05, 0) is 36.1 Å². The smallest absolute Gasteiger partial charge is 0.247 e. The van der Waals surface area contributed by atoms with E-state index in [0.29, 0.717) is 12.3 Å². The maximum atomic E-state index is 13.6. The molecule has 1 atom stereocenters. The molecule has 0 heterocycles. The normalized spacial score (nSPS) is 15.5. The van der Waals surface area contributed by atoms with Gasteiger partial charge in [0.1, 0.15) is 17.7 Å². The Kier molecular flexibility index (Phi) is 8.77. The van der Waals surface area contributed by atoms with Gasteiger partial charge in [-0.3, -0.25) is 9.59 Å². The lowest BCUT2D eigenvalue weighted by Gasteiger charge is -2.32. The minimum Gasteiger partial charge on any atom is -0.497 e. The summed E-state index contributed by atoms with van der Waals surface area (Å²) in [4.78, 5) is 28.0. The molecule has 2 aromatic rings. The third-order valence-corrected chi connectivity index (χ3v) is 6.05. The van der Waals surface area contributed by atoms with Gasteiger partial charge >= 0.3 is 0 Å². The van der Waals surface area contributed by atoms with Crippen LogP contribution in [0, 0.1) is 0 Å². The molecule has 3 rings (SSSR count). The van der Waals surface area contributed by atoms with Crippen molar-refractivity contribution in [2.24, 2.45) is 0 Å². The first-order valence-electron chi connectivity index (χ1n) is 11.0. The van der Waals surface area contributed by atoms with E-state index in [4.69, 9.17) is 16.3 Å². The topological polar surface area (TPSA) is 58.6 Å². The molecule has 1 aliphatic carbocycles. The monoisotopic (exact) mass is 442 g/mol. The van der Waals surface area contributed by atoms with E-state index in [2.05, 4.69) is 5.32 Å². The van der Waals surface area contributed by atoms with Gasteiger partial charge in [-0.25, -0.2) is 0 Å². The number of nitrogens with zero attached hydrogens (tertiary/aromatic N) is 1. The zero-order valence-electron chi connectivity index (χ0n) is 18.1. The summed E-state index contributed by atoms with van der Waals surface area (Å²) in [5.41, 5.74) is 1.68. The molecule has 1 aliphatic rings. The molecular formula is C25H31ClN2O3. The van der Waals surface area contributed by atoms with E-state index in [9.17, 15) is 9.59 Å². The Morgan fingerprint density at radius 3 is 2.26 bits per heavy atom. The van der Waals surface area contributed by atoms with E-state index < -0.39 is 6.04 Å². The number of carbonyl (C=O) groups excluding carboxylic acids is 2. The Labute approximate surface area is 189 Å². The van der Waals surface area contributed by atoms with Crippen LogP contribution in [-0.4, -0.2) is 35.7 Å². The summed E-state index contributed by atoms with van der Waals surface area (Å²) in [5, 5.41) is 3.22. The summed E-state index contributed by atoms with van der Waals surface area (Å²) in [6.07, 6.45) is 6.60. The standard InChI is InChI=1S/C25H31ClN2O3/c1-31-22-15-13-20(14-16-22)24(25(30)27-21-11-7-2-3-8-12-21)28(23(29)17-26)18-19-9-5-4-6-10-19/h4-6,9-10,13-16,21,24H,2-3,7-8,11-12,17-18H2,1H3,(H,27,30). The number of alkyl halides is 1. The molecule has 5 nitrogen and oxygen atoms in total. The molecule has 0 aliphatic heterocycles. The number of nitrogens with one attached hydrogen (secondary N) is 1. The largest absolute Gasteiger partial charge is 0.497 e. The molecule has 6 heteroatoms. The van der Waals surface area contributed by atoms with E-state index in [0.717, 1.165) is 36.8 Å². The number of amides is 2. The summed E-state index contributed by atoms with van der Waals surface area (Å²) in [5.74, 6) is 0.0784. The number of ether oxygens (including phenoxy) is 1. The maximum Gasteiger partial charge on any atom is 0.247 e. The van der Waals surface area contributed by atoms with Gasteiger partial charge in [0.05, 0.1) is 7.11 Å². The molecule has 1 fully saturated rings. The van der Waals surface area contributed by atoms with Crippen molar-refractivity contribution in [2.75, 3.05) is 13.0 Å². The van der Waals surface area contributed by atoms with Crippen LogP contribution in [0.3, 0.4) is 0 Å². The Morgan fingerprint density at radius 2 is 1.68 bits per heavy atom. The molecule has 0 bridgehead atoms. The second kappa shape index (κ2) is 11.8. The lowest BCUT2D eigenvalue weighted by atomic mass is 10.0. The van der Waals surface area contributed by atoms with Crippen LogP contribution in [0.4, 0.5) is 0 Å². The van der Waals surface area contributed by atoms with Gasteiger partial charge in [-0.2, -0.15) is 0 Å². The highest BCUT2D eigenvalue weighted by Gasteiger charge is 2.32. The van der Waals surface area contributed by atoms with Gasteiger partial charge < -0.3 is 15.0 Å². The van der Waals surface area contributed by atoms with E-state index in [1.807, 2.05) is 54.6 Å². The number of halogens is 1. The molecule has 1 saturated carbocycles. The molecular weight excluding hydrogens is 412 g/mol. The molecule has 2 aromatic carbocycles. The number of rotatable bonds is 8. The summed E-state index contributed by atoms with van der Waals surface area (Å²) in [6.45, 7) is 0.307. The molecule has 166 valence electrons. The first-order valence-corrected chi connectivity index (χ1v) is 11.5. The molecule has 0 saturated heterocycles. The number of benzene rings is 2. The van der Waals surface area contributed by atoms with Crippen LogP contribution in [0.25, 0.3) is 0 Å². The van der Waals surface area contributed by atoms with Crippen LogP contribution in [0.5, 0.6) is 5.75 Å². The fraction of sp³-hybridized carbons (Fsp3) is 0.440. The van der Waals surface area contributed by atoms with Crippen LogP contribution >= 0.6 is 11.6 Å². The van der Waals surface area contributed by atoms with Crippen molar-refractivity contribution in [3.8, 4) is 5.75 Å². The second-order valence-corrected chi connectivity index (χ2v) is 8.28. The average Bonchev–Trinajstić information content (AvgIpc) is 3.08. The highest BCUT2D eigenvalue weighted by Crippen LogP contribution is 2.27. The zero-order chi connectivity index (χ0) is 22.1. The minimum absolute atomic E-state index is 0.139. The predicted octanol–water partition coefficient (Wildman–Crippen LogP) is 4.84. The van der Waals surface area contributed by atoms with Crippen LogP contribution < -0.4 is 10.1 Å². The average molecular weight is 443 g/mol. The van der Waals surface area contributed by atoms with E-state index in [1.54, 1.807) is 12.0 Å². The number of carbonyl (C=O) groups is 2. The Morgan fingerprint density at radius 1 is 1.03 bits per heavy atom. The first-order chi connectivity index (χ1) is 15.1. The van der Waals surface area contributed by atoms with E-state index in [1.165, 1.54) is 12.8 Å². The van der Waals surface area contributed by atoms with Gasteiger partial charge in [0.2, 0.25) is 11.8 Å². The van der Waals surface area contributed by atoms with E-state index >= 15 is 0 Å². The van der Waals surface area contributed by atoms with Crippen LogP contribution in [0.2, 0.25) is 0 Å². The van der Waals surface area contributed by atoms with E-state index in [-0.39, 0.29) is 23.7 Å². The Bertz CT molecular complexity index is 834. The van der Waals surface area contributed by atoms with Crippen LogP contribution in [0.1, 0.15) is 55.7 Å². The highest BCUT2D eigenvalue weighted by atomic mass is 35.5. The Hall–Kier alpha value is -2.53. The van der Waals surface area contributed by atoms with Crippen molar-refractivity contribution in [1.29, 1.82) is 0 Å². The van der Waals surface area contributed by atoms with Crippen molar-refractivity contribution in [2.45, 2.75) is 57.2 Å². The second-order valence-electron chi connectivity index (χ2n) is 8.01. The van der Waals surface area contributed by atoms with Crippen LogP contribution in [-0.2, 0) is 16.1 Å². The zero-order valence-corrected chi connectivity index (χ0v) is 18.8. The van der Waals surface area contributed by atoms with Crippen molar-refractivity contribution in [3.05, 3.63) is 65.7 Å². The summed E-state index contributed by atoms with van der Waals surface area (Å²) >= 11 is 5.97. The highest BCUT2D eigenvalue weighted by molar-refractivity contribution is 6.27. The third kappa shape index (κ3) is 6.47. The number of methoxy groups -OCH3 is 1. The predicted molar refractivity (Wildman–Crippen MR) is 123 cm³/mol. The molecule has 0 spiro atoms. The molecule has 0 radical (unpaired) electrons. The van der Waals surface area contributed by atoms with Crippen molar-refractivity contribution >= 4 is 23.4 Å². The fourth-order valence-corrected chi connectivity index (χ4v) is 4.30. The SMILES string of the molecule is COc1ccc(C(C(=O)NC2CCCCCC2)N(Cc2ccccc2)C(=O)CCl)cc1. The molecule has 1 N–H and O–H groups in total. The van der Waals surface area contributed by atoms with Crippen molar-refractivity contribution in [1.82, 2.24) is 10.2 Å². The van der Waals surface area contributed by atoms with Crippen molar-refractivity contribution in [3.63, 3.8) is 0 Å². The van der Waals surface area contributed by atoms with Crippen LogP contribution in [0.15, 0.2) is 54.6 Å². The maximum absolute atomic E-state index is 13.6. The Balaban J connectivity index is 1.92. The van der Waals surface area contributed by atoms with Gasteiger partial charge in [-0.1, -0.05) is 68.1 Å². The summed E-state index contributed by atoms with van der Waals surface area (Å²) < 4.78 is 5.27. The number of hydrogen-bond acceptors (Lipinski definition) is 3. The molecule has 1 unspecified atom stereocenters. The van der Waals surface area contributed by atoms with Gasteiger partial charge in [0.25, 0.3) is 0 Å². The molecule has 2 amide bonds. The van der Waals surface area contributed by atoms with Gasteiger partial charge in [0, 0.05) is 12.6 Å². The third-order valence-electron chi connectivity index (χ3n) is 5.82. The van der Waals surface area contributed by atoms with Gasteiger partial charge in [0.15, 0.2) is 0 Å². The summed E-state index contributed by atoms with van der Waals surface area (Å²) in [6, 6.07) is 16.4. The fourth-order valence-electron chi connectivity index (χ4n) is 4.14.